The molecular weight excluding hydrogens is 220 g/mol. The average molecular weight is 238 g/mol. The van der Waals surface area contributed by atoms with Gasteiger partial charge in [-0.1, -0.05) is 54.6 Å². The van der Waals surface area contributed by atoms with Gasteiger partial charge >= 0.3 is 0 Å². The van der Waals surface area contributed by atoms with Crippen LogP contribution in [-0.2, 0) is 12.8 Å². The van der Waals surface area contributed by atoms with Crippen molar-refractivity contribution in [2.75, 3.05) is 6.54 Å². The van der Waals surface area contributed by atoms with Gasteiger partial charge in [0.05, 0.1) is 6.04 Å². The van der Waals surface area contributed by atoms with E-state index in [9.17, 15) is 0 Å². The van der Waals surface area contributed by atoms with Crippen molar-refractivity contribution in [1.29, 1.82) is 0 Å². The van der Waals surface area contributed by atoms with Gasteiger partial charge in [0.2, 0.25) is 0 Å². The van der Waals surface area contributed by atoms with Crippen LogP contribution in [0.3, 0.4) is 0 Å². The van der Waals surface area contributed by atoms with E-state index in [2.05, 4.69) is 54.6 Å². The molecule has 0 aliphatic carbocycles. The van der Waals surface area contributed by atoms with Gasteiger partial charge < -0.3 is 0 Å². The lowest BCUT2D eigenvalue weighted by Crippen LogP contribution is -2.41. The Morgan fingerprint density at radius 3 is 2.56 bits per heavy atom. The summed E-state index contributed by atoms with van der Waals surface area (Å²) in [6, 6.07) is 19.5. The smallest absolute Gasteiger partial charge is 0.0533 e. The first-order valence-corrected chi connectivity index (χ1v) is 6.47. The lowest BCUT2D eigenvalue weighted by molar-refractivity contribution is 0.188. The molecule has 2 heteroatoms. The third kappa shape index (κ3) is 2.17. The molecule has 1 atom stereocenters. The van der Waals surface area contributed by atoms with Crippen molar-refractivity contribution >= 4 is 0 Å². The molecule has 2 aromatic carbocycles. The molecule has 1 unspecified atom stereocenters. The first-order chi connectivity index (χ1) is 8.84. The normalized spacial score (nSPS) is 19.5. The van der Waals surface area contributed by atoms with E-state index in [0.717, 1.165) is 19.4 Å². The molecule has 0 aromatic heterocycles. The Labute approximate surface area is 108 Å². The molecule has 0 saturated carbocycles. The number of hydrogen-bond acceptors (Lipinski definition) is 2. The highest BCUT2D eigenvalue weighted by molar-refractivity contribution is 5.33. The number of benzene rings is 2. The van der Waals surface area contributed by atoms with Gasteiger partial charge in [-0.05, 0) is 29.5 Å². The fourth-order valence-electron chi connectivity index (χ4n) is 2.74. The van der Waals surface area contributed by atoms with Crippen LogP contribution in [0.25, 0.3) is 0 Å². The summed E-state index contributed by atoms with van der Waals surface area (Å²) in [4.78, 5) is 0. The summed E-state index contributed by atoms with van der Waals surface area (Å²) in [6.45, 7) is 0.939. The summed E-state index contributed by atoms with van der Waals surface area (Å²) >= 11 is 0. The summed E-state index contributed by atoms with van der Waals surface area (Å²) < 4.78 is 0. The second-order valence-corrected chi connectivity index (χ2v) is 4.89. The summed E-state index contributed by atoms with van der Waals surface area (Å²) in [5.74, 6) is 6.17. The van der Waals surface area contributed by atoms with E-state index in [1.54, 1.807) is 0 Å². The third-order valence-corrected chi connectivity index (χ3v) is 3.73. The number of hydrazine groups is 1. The Bertz CT molecular complexity index is 522. The molecule has 1 heterocycles. The van der Waals surface area contributed by atoms with Crippen LogP contribution in [0.5, 0.6) is 0 Å². The molecule has 18 heavy (non-hydrogen) atoms. The Balaban J connectivity index is 1.91. The topological polar surface area (TPSA) is 29.3 Å². The van der Waals surface area contributed by atoms with Crippen molar-refractivity contribution in [3.05, 3.63) is 71.3 Å². The maximum atomic E-state index is 6.17. The van der Waals surface area contributed by atoms with Crippen LogP contribution in [0.2, 0.25) is 0 Å². The second kappa shape index (κ2) is 4.92. The maximum absolute atomic E-state index is 6.17. The third-order valence-electron chi connectivity index (χ3n) is 3.73. The fourth-order valence-corrected chi connectivity index (χ4v) is 2.74. The average Bonchev–Trinajstić information content (AvgIpc) is 2.43. The molecule has 3 rings (SSSR count). The fraction of sp³-hybridized carbons (Fsp3) is 0.250. The molecule has 0 radical (unpaired) electrons. The second-order valence-electron chi connectivity index (χ2n) is 4.89. The standard InChI is InChI=1S/C16H18N2/c17-18-11-10-14-8-4-5-9-15(14)16(18)12-13-6-2-1-3-7-13/h1-9,16H,10-12,17H2. The summed E-state index contributed by atoms with van der Waals surface area (Å²) in [5, 5.41) is 1.98. The molecule has 1 aliphatic heterocycles. The zero-order valence-corrected chi connectivity index (χ0v) is 10.4. The minimum Gasteiger partial charge on any atom is -0.268 e. The van der Waals surface area contributed by atoms with E-state index >= 15 is 0 Å². The van der Waals surface area contributed by atoms with Gasteiger partial charge in [-0.15, -0.1) is 0 Å². The monoisotopic (exact) mass is 238 g/mol. The molecule has 0 fully saturated rings. The zero-order valence-electron chi connectivity index (χ0n) is 10.4. The molecule has 0 spiro atoms. The minimum absolute atomic E-state index is 0.303. The van der Waals surface area contributed by atoms with Crippen LogP contribution in [-0.4, -0.2) is 11.6 Å². The van der Waals surface area contributed by atoms with Crippen LogP contribution >= 0.6 is 0 Å². The number of fused-ring (bicyclic) bond motifs is 1. The predicted octanol–water partition coefficient (Wildman–Crippen LogP) is 2.70. The number of nitrogens with two attached hydrogens (primary N) is 1. The number of nitrogens with zero attached hydrogens (tertiary/aromatic N) is 1. The minimum atomic E-state index is 0.303. The van der Waals surface area contributed by atoms with Crippen molar-refractivity contribution in [2.24, 2.45) is 5.84 Å². The van der Waals surface area contributed by atoms with Gasteiger partial charge in [-0.25, -0.2) is 5.01 Å². The van der Waals surface area contributed by atoms with Crippen LogP contribution < -0.4 is 5.84 Å². The summed E-state index contributed by atoms with van der Waals surface area (Å²) in [5.41, 5.74) is 4.17. The van der Waals surface area contributed by atoms with Gasteiger partial charge in [0.1, 0.15) is 0 Å². The predicted molar refractivity (Wildman–Crippen MR) is 73.9 cm³/mol. The van der Waals surface area contributed by atoms with Gasteiger partial charge in [0.25, 0.3) is 0 Å². The SMILES string of the molecule is NN1CCc2ccccc2C1Cc1ccccc1. The Morgan fingerprint density at radius 2 is 1.72 bits per heavy atom. The van der Waals surface area contributed by atoms with E-state index < -0.39 is 0 Å². The Kier molecular flexibility index (Phi) is 3.13. The van der Waals surface area contributed by atoms with Crippen LogP contribution in [0.4, 0.5) is 0 Å². The first-order valence-electron chi connectivity index (χ1n) is 6.47. The molecule has 1 aliphatic rings. The quantitative estimate of drug-likeness (QED) is 0.815. The van der Waals surface area contributed by atoms with Gasteiger partial charge in [0.15, 0.2) is 0 Å². The summed E-state index contributed by atoms with van der Waals surface area (Å²) in [6.07, 6.45) is 2.03. The van der Waals surface area contributed by atoms with Gasteiger partial charge in [-0.3, -0.25) is 5.84 Å². The van der Waals surface area contributed by atoms with Gasteiger partial charge in [0, 0.05) is 6.54 Å². The highest BCUT2D eigenvalue weighted by Crippen LogP contribution is 2.30. The van der Waals surface area contributed by atoms with Crippen LogP contribution in [0.1, 0.15) is 22.7 Å². The molecule has 0 saturated heterocycles. The molecule has 2 aromatic rings. The Hall–Kier alpha value is -1.64. The molecule has 0 bridgehead atoms. The number of hydrogen-bond donors (Lipinski definition) is 1. The maximum Gasteiger partial charge on any atom is 0.0533 e. The molecular formula is C16H18N2. The van der Waals surface area contributed by atoms with E-state index in [0.29, 0.717) is 6.04 Å². The van der Waals surface area contributed by atoms with Gasteiger partial charge in [-0.2, -0.15) is 0 Å². The molecule has 2 N–H and O–H groups in total. The molecule has 92 valence electrons. The van der Waals surface area contributed by atoms with Crippen molar-refractivity contribution in [1.82, 2.24) is 5.01 Å². The largest absolute Gasteiger partial charge is 0.268 e. The number of rotatable bonds is 2. The van der Waals surface area contributed by atoms with Crippen molar-refractivity contribution < 1.29 is 0 Å². The van der Waals surface area contributed by atoms with Crippen LogP contribution in [0, 0.1) is 0 Å². The van der Waals surface area contributed by atoms with Crippen LogP contribution in [0.15, 0.2) is 54.6 Å². The Morgan fingerprint density at radius 1 is 1.00 bits per heavy atom. The lowest BCUT2D eigenvalue weighted by atomic mass is 9.90. The zero-order chi connectivity index (χ0) is 12.4. The van der Waals surface area contributed by atoms with Crippen molar-refractivity contribution in [3.63, 3.8) is 0 Å². The van der Waals surface area contributed by atoms with Crippen molar-refractivity contribution in [3.8, 4) is 0 Å². The molecule has 0 amide bonds. The van der Waals surface area contributed by atoms with E-state index in [1.165, 1.54) is 16.7 Å². The van der Waals surface area contributed by atoms with Crippen molar-refractivity contribution in [2.45, 2.75) is 18.9 Å². The highest BCUT2D eigenvalue weighted by atomic mass is 15.4. The van der Waals surface area contributed by atoms with E-state index in [4.69, 9.17) is 5.84 Å². The van der Waals surface area contributed by atoms with E-state index in [-0.39, 0.29) is 0 Å². The highest BCUT2D eigenvalue weighted by Gasteiger charge is 2.24. The summed E-state index contributed by atoms with van der Waals surface area (Å²) in [7, 11) is 0. The molecule has 2 nitrogen and oxygen atoms in total. The van der Waals surface area contributed by atoms with E-state index in [1.807, 2.05) is 5.01 Å². The first kappa shape index (κ1) is 11.5. The lowest BCUT2D eigenvalue weighted by Gasteiger charge is -2.34.